The molecule has 2 aliphatic heterocycles. The summed E-state index contributed by atoms with van der Waals surface area (Å²) in [5.74, 6) is 0.0879. The molecule has 9 heteroatoms. The number of rotatable bonds is 5. The van der Waals surface area contributed by atoms with Gasteiger partial charge in [-0.05, 0) is 30.7 Å². The van der Waals surface area contributed by atoms with E-state index in [0.717, 1.165) is 25.0 Å². The first-order valence-corrected chi connectivity index (χ1v) is 10.8. The smallest absolute Gasteiger partial charge is 0.228 e. The number of ether oxygens (including phenoxy) is 1. The molecule has 1 amide bonds. The molecule has 3 rings (SSSR count). The highest BCUT2D eigenvalue weighted by atomic mass is 32.2. The highest BCUT2D eigenvalue weighted by molar-refractivity contribution is 7.88. The molecular formula is C17H28N4O4S. The summed E-state index contributed by atoms with van der Waals surface area (Å²) >= 11 is 0. The van der Waals surface area contributed by atoms with Crippen molar-refractivity contribution in [2.75, 3.05) is 39.6 Å². The molecule has 3 heterocycles. The van der Waals surface area contributed by atoms with Crippen molar-refractivity contribution in [3.63, 3.8) is 0 Å². The lowest BCUT2D eigenvalue weighted by atomic mass is 9.76. The lowest BCUT2D eigenvalue weighted by Gasteiger charge is -2.39. The van der Waals surface area contributed by atoms with Gasteiger partial charge in [-0.25, -0.2) is 8.42 Å². The number of aromatic nitrogens is 2. The van der Waals surface area contributed by atoms with Crippen molar-refractivity contribution in [3.05, 3.63) is 18.0 Å². The van der Waals surface area contributed by atoms with Crippen LogP contribution in [-0.4, -0.2) is 79.0 Å². The third-order valence-electron chi connectivity index (χ3n) is 5.63. The quantitative estimate of drug-likeness (QED) is 0.727. The normalized spacial score (nSPS) is 23.7. The van der Waals surface area contributed by atoms with Gasteiger partial charge < -0.3 is 9.64 Å². The van der Waals surface area contributed by atoms with E-state index in [1.54, 1.807) is 16.1 Å². The molecule has 2 aliphatic rings. The zero-order chi connectivity index (χ0) is 18.9. The van der Waals surface area contributed by atoms with Crippen molar-refractivity contribution < 1.29 is 17.9 Å². The number of carbonyl (C=O) groups is 1. The summed E-state index contributed by atoms with van der Waals surface area (Å²) < 4.78 is 32.8. The van der Waals surface area contributed by atoms with Gasteiger partial charge in [-0.15, -0.1) is 0 Å². The first-order chi connectivity index (χ1) is 12.2. The second-order valence-electron chi connectivity index (χ2n) is 7.66. The molecule has 0 radical (unpaired) electrons. The third kappa shape index (κ3) is 4.10. The number of aryl methyl sites for hydroxylation is 1. The van der Waals surface area contributed by atoms with Gasteiger partial charge in [0, 0.05) is 46.0 Å². The van der Waals surface area contributed by atoms with Gasteiger partial charge in [-0.1, -0.05) is 0 Å². The van der Waals surface area contributed by atoms with Crippen molar-refractivity contribution in [1.82, 2.24) is 19.0 Å². The number of nitrogens with zero attached hydrogens (tertiary/aromatic N) is 4. The van der Waals surface area contributed by atoms with E-state index in [0.29, 0.717) is 32.7 Å². The molecule has 1 spiro atoms. The fourth-order valence-electron chi connectivity index (χ4n) is 4.27. The minimum absolute atomic E-state index is 0.0476. The van der Waals surface area contributed by atoms with Crippen LogP contribution < -0.4 is 0 Å². The Balaban J connectivity index is 1.61. The number of hydrogen-bond donors (Lipinski definition) is 0. The van der Waals surface area contributed by atoms with Crippen molar-refractivity contribution in [3.8, 4) is 0 Å². The SMILES string of the molecule is COC[C@@H]1CC2(CCN(C(=O)Cc3ccn(C)n3)CC2)CN1S(C)(=O)=O. The van der Waals surface area contributed by atoms with E-state index in [4.69, 9.17) is 4.74 Å². The average Bonchev–Trinajstić information content (AvgIpc) is 3.12. The lowest BCUT2D eigenvalue weighted by Crippen LogP contribution is -2.45. The molecule has 0 N–H and O–H groups in total. The summed E-state index contributed by atoms with van der Waals surface area (Å²) in [4.78, 5) is 14.4. The van der Waals surface area contributed by atoms with Gasteiger partial charge in [-0.2, -0.15) is 9.40 Å². The van der Waals surface area contributed by atoms with E-state index in [1.165, 1.54) is 6.26 Å². The molecule has 0 unspecified atom stereocenters. The predicted octanol–water partition coefficient (Wildman–Crippen LogP) is 0.252. The van der Waals surface area contributed by atoms with Gasteiger partial charge in [0.1, 0.15) is 0 Å². The zero-order valence-electron chi connectivity index (χ0n) is 15.7. The number of likely N-dealkylation sites (tertiary alicyclic amines) is 1. The standard InChI is InChI=1S/C17H28N4O4S/c1-19-7-4-14(18-19)10-16(22)20-8-5-17(6-9-20)11-15(12-25-2)21(13-17)26(3,23)24/h4,7,15H,5-6,8-13H2,1-3H3/t15-/m0/s1. The van der Waals surface area contributed by atoms with Crippen molar-refractivity contribution in [2.45, 2.75) is 31.7 Å². The van der Waals surface area contributed by atoms with Crippen molar-refractivity contribution >= 4 is 15.9 Å². The monoisotopic (exact) mass is 384 g/mol. The predicted molar refractivity (Wildman–Crippen MR) is 97.0 cm³/mol. The van der Waals surface area contributed by atoms with Crippen LogP contribution in [0.4, 0.5) is 0 Å². The Morgan fingerprint density at radius 3 is 2.62 bits per heavy atom. The van der Waals surface area contributed by atoms with Crippen LogP contribution in [0.15, 0.2) is 12.3 Å². The Bertz CT molecular complexity index is 753. The molecule has 1 atom stereocenters. The molecule has 2 saturated heterocycles. The van der Waals surface area contributed by atoms with E-state index in [2.05, 4.69) is 5.10 Å². The molecule has 0 saturated carbocycles. The van der Waals surface area contributed by atoms with E-state index in [1.807, 2.05) is 24.2 Å². The summed E-state index contributed by atoms with van der Waals surface area (Å²) in [6, 6.07) is 1.75. The lowest BCUT2D eigenvalue weighted by molar-refractivity contribution is -0.132. The number of carbonyl (C=O) groups excluding carboxylic acids is 1. The summed E-state index contributed by atoms with van der Waals surface area (Å²) in [6.45, 7) is 2.28. The van der Waals surface area contributed by atoms with Crippen LogP contribution in [0.3, 0.4) is 0 Å². The molecule has 2 fully saturated rings. The first kappa shape index (κ1) is 19.3. The molecule has 1 aromatic rings. The maximum atomic E-state index is 12.5. The van der Waals surface area contributed by atoms with Gasteiger partial charge in [-0.3, -0.25) is 9.48 Å². The second kappa shape index (κ2) is 7.28. The highest BCUT2D eigenvalue weighted by Crippen LogP contribution is 2.44. The summed E-state index contributed by atoms with van der Waals surface area (Å²) in [5, 5.41) is 4.27. The summed E-state index contributed by atoms with van der Waals surface area (Å²) in [5.41, 5.74) is 0.732. The number of hydrogen-bond acceptors (Lipinski definition) is 5. The minimum atomic E-state index is -3.26. The molecular weight excluding hydrogens is 356 g/mol. The number of amides is 1. The molecule has 26 heavy (non-hydrogen) atoms. The van der Waals surface area contributed by atoms with Gasteiger partial charge in [0.2, 0.25) is 15.9 Å². The number of sulfonamides is 1. The Labute approximate surface area is 155 Å². The maximum absolute atomic E-state index is 12.5. The van der Waals surface area contributed by atoms with Crippen molar-refractivity contribution in [2.24, 2.45) is 12.5 Å². The molecule has 0 bridgehead atoms. The van der Waals surface area contributed by atoms with Gasteiger partial charge in [0.25, 0.3) is 0 Å². The zero-order valence-corrected chi connectivity index (χ0v) is 16.5. The Hall–Kier alpha value is -1.45. The molecule has 146 valence electrons. The fourth-order valence-corrected chi connectivity index (χ4v) is 5.45. The van der Waals surface area contributed by atoms with E-state index in [9.17, 15) is 13.2 Å². The molecule has 1 aromatic heterocycles. The van der Waals surface area contributed by atoms with E-state index in [-0.39, 0.29) is 17.4 Å². The number of piperidine rings is 1. The van der Waals surface area contributed by atoms with Gasteiger partial charge >= 0.3 is 0 Å². The second-order valence-corrected chi connectivity index (χ2v) is 9.59. The van der Waals surface area contributed by atoms with Crippen LogP contribution in [0, 0.1) is 5.41 Å². The number of methoxy groups -OCH3 is 1. The summed E-state index contributed by atoms with van der Waals surface area (Å²) in [7, 11) is 0.182. The van der Waals surface area contributed by atoms with E-state index >= 15 is 0 Å². The van der Waals surface area contributed by atoms with Crippen LogP contribution in [0.1, 0.15) is 25.0 Å². The average molecular weight is 385 g/mol. The maximum Gasteiger partial charge on any atom is 0.228 e. The largest absolute Gasteiger partial charge is 0.383 e. The van der Waals surface area contributed by atoms with Crippen LogP contribution in [-0.2, 0) is 33.0 Å². The minimum Gasteiger partial charge on any atom is -0.383 e. The topological polar surface area (TPSA) is 84.7 Å². The Kier molecular flexibility index (Phi) is 5.41. The van der Waals surface area contributed by atoms with Crippen LogP contribution >= 0.6 is 0 Å². The highest BCUT2D eigenvalue weighted by Gasteiger charge is 2.48. The van der Waals surface area contributed by atoms with Crippen molar-refractivity contribution in [1.29, 1.82) is 0 Å². The van der Waals surface area contributed by atoms with E-state index < -0.39 is 10.0 Å². The summed E-state index contributed by atoms with van der Waals surface area (Å²) in [6.07, 6.45) is 5.87. The first-order valence-electron chi connectivity index (χ1n) is 8.94. The fraction of sp³-hybridized carbons (Fsp3) is 0.765. The Morgan fingerprint density at radius 2 is 2.08 bits per heavy atom. The van der Waals surface area contributed by atoms with Gasteiger partial charge in [0.05, 0.1) is 25.0 Å². The molecule has 0 aromatic carbocycles. The van der Waals surface area contributed by atoms with Crippen LogP contribution in [0.2, 0.25) is 0 Å². The molecule has 0 aliphatic carbocycles. The van der Waals surface area contributed by atoms with Crippen LogP contribution in [0.5, 0.6) is 0 Å². The third-order valence-corrected chi connectivity index (χ3v) is 6.91. The molecule has 8 nitrogen and oxygen atoms in total. The Morgan fingerprint density at radius 1 is 1.38 bits per heavy atom. The van der Waals surface area contributed by atoms with Gasteiger partial charge in [0.15, 0.2) is 0 Å². The van der Waals surface area contributed by atoms with Crippen LogP contribution in [0.25, 0.3) is 0 Å².